The summed E-state index contributed by atoms with van der Waals surface area (Å²) in [6.45, 7) is 4.45. The van der Waals surface area contributed by atoms with E-state index in [4.69, 9.17) is 4.74 Å². The zero-order valence-electron chi connectivity index (χ0n) is 18.6. The summed E-state index contributed by atoms with van der Waals surface area (Å²) in [6, 6.07) is 20.4. The Labute approximate surface area is 197 Å². The molecular weight excluding hydrogens is 438 g/mol. The molecule has 0 saturated carbocycles. The molecule has 33 heavy (non-hydrogen) atoms. The first-order valence-electron chi connectivity index (χ1n) is 10.7. The number of nitro benzene ring substituents is 1. The van der Waals surface area contributed by atoms with Crippen LogP contribution in [0.15, 0.2) is 76.5 Å². The van der Waals surface area contributed by atoms with Gasteiger partial charge in [0.1, 0.15) is 5.75 Å². The number of carbonyl (C=O) groups excluding carboxylic acids is 1. The van der Waals surface area contributed by atoms with Gasteiger partial charge in [0.2, 0.25) is 0 Å². The topological polar surface area (TPSA) is 75.9 Å². The van der Waals surface area contributed by atoms with E-state index in [-0.39, 0.29) is 11.6 Å². The van der Waals surface area contributed by atoms with Gasteiger partial charge in [-0.25, -0.2) is 0 Å². The lowest BCUT2D eigenvalue weighted by molar-refractivity contribution is -0.387. The molecule has 3 aromatic carbocycles. The maximum Gasteiger partial charge on any atom is 0.284 e. The summed E-state index contributed by atoms with van der Waals surface area (Å²) in [7, 11) is 1.64. The van der Waals surface area contributed by atoms with Crippen molar-refractivity contribution in [3.05, 3.63) is 88.0 Å². The minimum atomic E-state index is -0.423. The standard InChI is InChI=1S/C25H25N3O4S/c1-18-6-9-22(10-7-18)33-24-11-8-19(16-23(24)28(30)31)25(29)27-14-12-26(13-15-27)20-4-3-5-21(17-20)32-2/h3-11,16-17H,12-15H2,1-2H3. The minimum Gasteiger partial charge on any atom is -0.497 e. The molecule has 170 valence electrons. The minimum absolute atomic E-state index is 0.0542. The Morgan fingerprint density at radius 3 is 2.39 bits per heavy atom. The predicted molar refractivity (Wildman–Crippen MR) is 130 cm³/mol. The number of ether oxygens (including phenoxy) is 1. The van der Waals surface area contributed by atoms with E-state index in [0.717, 1.165) is 21.9 Å². The Kier molecular flexibility index (Phi) is 6.84. The molecular formula is C25H25N3O4S. The van der Waals surface area contributed by atoms with Crippen LogP contribution in [-0.4, -0.2) is 49.0 Å². The average molecular weight is 464 g/mol. The highest BCUT2D eigenvalue weighted by molar-refractivity contribution is 7.99. The fraction of sp³-hybridized carbons (Fsp3) is 0.240. The van der Waals surface area contributed by atoms with Gasteiger partial charge in [0.05, 0.1) is 16.9 Å². The molecule has 3 aromatic rings. The third kappa shape index (κ3) is 5.28. The molecule has 0 atom stereocenters. The summed E-state index contributed by atoms with van der Waals surface area (Å²) in [4.78, 5) is 29.8. The van der Waals surface area contributed by atoms with Crippen molar-refractivity contribution in [2.75, 3.05) is 38.2 Å². The van der Waals surface area contributed by atoms with Gasteiger partial charge in [0, 0.05) is 54.5 Å². The number of nitro groups is 1. The van der Waals surface area contributed by atoms with Crippen LogP contribution in [0.2, 0.25) is 0 Å². The van der Waals surface area contributed by atoms with Crippen molar-refractivity contribution in [1.29, 1.82) is 0 Å². The van der Waals surface area contributed by atoms with Gasteiger partial charge in [-0.05, 0) is 43.3 Å². The number of benzene rings is 3. The van der Waals surface area contributed by atoms with Crippen molar-refractivity contribution in [3.63, 3.8) is 0 Å². The Balaban J connectivity index is 1.46. The van der Waals surface area contributed by atoms with E-state index >= 15 is 0 Å². The predicted octanol–water partition coefficient (Wildman–Crippen LogP) is 5.03. The maximum absolute atomic E-state index is 13.1. The first kappa shape index (κ1) is 22.7. The number of hydrogen-bond donors (Lipinski definition) is 0. The van der Waals surface area contributed by atoms with Crippen LogP contribution in [0.1, 0.15) is 15.9 Å². The molecule has 1 fully saturated rings. The first-order chi connectivity index (χ1) is 15.9. The number of hydrogen-bond acceptors (Lipinski definition) is 6. The molecule has 4 rings (SSSR count). The second-order valence-corrected chi connectivity index (χ2v) is 8.95. The molecule has 0 spiro atoms. The van der Waals surface area contributed by atoms with Gasteiger partial charge in [-0.3, -0.25) is 14.9 Å². The lowest BCUT2D eigenvalue weighted by atomic mass is 10.1. The molecule has 1 aliphatic heterocycles. The smallest absolute Gasteiger partial charge is 0.284 e. The van der Waals surface area contributed by atoms with Crippen molar-refractivity contribution in [1.82, 2.24) is 4.90 Å². The first-order valence-corrected chi connectivity index (χ1v) is 11.5. The van der Waals surface area contributed by atoms with E-state index in [9.17, 15) is 14.9 Å². The lowest BCUT2D eigenvalue weighted by Crippen LogP contribution is -2.48. The fourth-order valence-corrected chi connectivity index (χ4v) is 4.67. The normalized spacial score (nSPS) is 13.6. The SMILES string of the molecule is COc1cccc(N2CCN(C(=O)c3ccc(Sc4ccc(C)cc4)c([N+](=O)[O-])c3)CC2)c1. The van der Waals surface area contributed by atoms with Gasteiger partial charge in [0.25, 0.3) is 11.6 Å². The number of nitrogens with zero attached hydrogens (tertiary/aromatic N) is 3. The highest BCUT2D eigenvalue weighted by atomic mass is 32.2. The van der Waals surface area contributed by atoms with Crippen molar-refractivity contribution < 1.29 is 14.5 Å². The van der Waals surface area contributed by atoms with Crippen LogP contribution in [0.25, 0.3) is 0 Å². The number of methoxy groups -OCH3 is 1. The van der Waals surface area contributed by atoms with Crippen LogP contribution in [0, 0.1) is 17.0 Å². The number of anilines is 1. The van der Waals surface area contributed by atoms with Crippen LogP contribution in [0.4, 0.5) is 11.4 Å². The molecule has 0 bridgehead atoms. The summed E-state index contributed by atoms with van der Waals surface area (Å²) >= 11 is 1.32. The molecule has 1 amide bonds. The van der Waals surface area contributed by atoms with Gasteiger partial charge < -0.3 is 14.5 Å². The Bertz CT molecular complexity index is 1160. The van der Waals surface area contributed by atoms with Crippen LogP contribution in [-0.2, 0) is 0 Å². The van der Waals surface area contributed by atoms with Crippen molar-refractivity contribution in [2.24, 2.45) is 0 Å². The lowest BCUT2D eigenvalue weighted by Gasteiger charge is -2.36. The van der Waals surface area contributed by atoms with Gasteiger partial charge in [-0.15, -0.1) is 0 Å². The van der Waals surface area contributed by atoms with Crippen LogP contribution in [0.5, 0.6) is 5.75 Å². The third-order valence-electron chi connectivity index (χ3n) is 5.64. The highest BCUT2D eigenvalue weighted by Gasteiger charge is 2.25. The maximum atomic E-state index is 13.1. The molecule has 0 unspecified atom stereocenters. The van der Waals surface area contributed by atoms with E-state index in [2.05, 4.69) is 4.90 Å². The second kappa shape index (κ2) is 9.95. The number of amides is 1. The molecule has 0 aliphatic carbocycles. The quantitative estimate of drug-likeness (QED) is 0.377. The fourth-order valence-electron chi connectivity index (χ4n) is 3.77. The zero-order chi connectivity index (χ0) is 23.4. The summed E-state index contributed by atoms with van der Waals surface area (Å²) in [5.74, 6) is 0.609. The molecule has 0 radical (unpaired) electrons. The molecule has 7 nitrogen and oxygen atoms in total. The van der Waals surface area contributed by atoms with E-state index in [1.165, 1.54) is 17.8 Å². The van der Waals surface area contributed by atoms with E-state index in [0.29, 0.717) is 36.6 Å². The number of rotatable bonds is 6. The van der Waals surface area contributed by atoms with Gasteiger partial charge in [-0.1, -0.05) is 35.5 Å². The molecule has 1 heterocycles. The van der Waals surface area contributed by atoms with Gasteiger partial charge >= 0.3 is 0 Å². The highest BCUT2D eigenvalue weighted by Crippen LogP contribution is 2.35. The van der Waals surface area contributed by atoms with E-state index in [1.807, 2.05) is 55.5 Å². The Hall–Kier alpha value is -3.52. The van der Waals surface area contributed by atoms with Crippen LogP contribution in [0.3, 0.4) is 0 Å². The average Bonchev–Trinajstić information content (AvgIpc) is 2.85. The summed E-state index contributed by atoms with van der Waals surface area (Å²) < 4.78 is 5.30. The van der Waals surface area contributed by atoms with E-state index in [1.54, 1.807) is 24.1 Å². The second-order valence-electron chi connectivity index (χ2n) is 7.84. The number of aryl methyl sites for hydroxylation is 1. The zero-order valence-corrected chi connectivity index (χ0v) is 19.4. The van der Waals surface area contributed by atoms with Crippen LogP contribution < -0.4 is 9.64 Å². The van der Waals surface area contributed by atoms with Crippen molar-refractivity contribution in [3.8, 4) is 5.75 Å². The molecule has 0 N–H and O–H groups in total. The molecule has 1 saturated heterocycles. The molecule has 0 aromatic heterocycles. The third-order valence-corrected chi connectivity index (χ3v) is 6.71. The largest absolute Gasteiger partial charge is 0.497 e. The summed E-state index contributed by atoms with van der Waals surface area (Å²) in [5.41, 5.74) is 2.46. The van der Waals surface area contributed by atoms with E-state index < -0.39 is 4.92 Å². The van der Waals surface area contributed by atoms with Gasteiger partial charge in [0.15, 0.2) is 0 Å². The summed E-state index contributed by atoms with van der Waals surface area (Å²) in [5, 5.41) is 11.7. The van der Waals surface area contributed by atoms with Crippen LogP contribution >= 0.6 is 11.8 Å². The Morgan fingerprint density at radius 1 is 1.00 bits per heavy atom. The van der Waals surface area contributed by atoms with Crippen molar-refractivity contribution in [2.45, 2.75) is 16.7 Å². The number of carbonyl (C=O) groups is 1. The molecule has 1 aliphatic rings. The monoisotopic (exact) mass is 463 g/mol. The number of piperazine rings is 1. The van der Waals surface area contributed by atoms with Crippen molar-refractivity contribution >= 4 is 29.0 Å². The summed E-state index contributed by atoms with van der Waals surface area (Å²) in [6.07, 6.45) is 0. The Morgan fingerprint density at radius 2 is 1.73 bits per heavy atom. The van der Waals surface area contributed by atoms with Gasteiger partial charge in [-0.2, -0.15) is 0 Å². The molecule has 8 heteroatoms.